The number of aliphatic imine (C=N–C) groups is 1. The van der Waals surface area contributed by atoms with Crippen LogP contribution in [0.3, 0.4) is 0 Å². The van der Waals surface area contributed by atoms with Crippen LogP contribution in [-0.4, -0.2) is 70.6 Å². The molecule has 0 atom stereocenters. The largest absolute Gasteiger partial charge is 0.385 e. The van der Waals surface area contributed by atoms with E-state index in [2.05, 4.69) is 15.2 Å². The minimum absolute atomic E-state index is 0. The predicted molar refractivity (Wildman–Crippen MR) is 94.4 cm³/mol. The molecule has 126 valence electrons. The van der Waals surface area contributed by atoms with E-state index >= 15 is 0 Å². The van der Waals surface area contributed by atoms with Crippen LogP contribution in [0.1, 0.15) is 25.7 Å². The number of hydrogen-bond acceptors (Lipinski definition) is 3. The van der Waals surface area contributed by atoms with Crippen molar-refractivity contribution in [3.05, 3.63) is 0 Å². The summed E-state index contributed by atoms with van der Waals surface area (Å²) in [6.45, 7) is 3.73. The Kier molecular flexibility index (Phi) is 13.4. The second-order valence-corrected chi connectivity index (χ2v) is 4.92. The van der Waals surface area contributed by atoms with E-state index in [0.29, 0.717) is 19.1 Å². The van der Waals surface area contributed by atoms with Gasteiger partial charge in [0.2, 0.25) is 0 Å². The summed E-state index contributed by atoms with van der Waals surface area (Å²) in [6.07, 6.45) is 3.83. The molecule has 0 spiro atoms. The molecule has 1 N–H and O–H groups in total. The van der Waals surface area contributed by atoms with E-state index in [1.807, 2.05) is 0 Å². The van der Waals surface area contributed by atoms with Crippen molar-refractivity contribution in [3.8, 4) is 0 Å². The van der Waals surface area contributed by atoms with Gasteiger partial charge in [0.15, 0.2) is 5.96 Å². The Bertz CT molecular complexity index is 275. The molecule has 0 radical (unpaired) electrons. The number of halogens is 2. The summed E-state index contributed by atoms with van der Waals surface area (Å²) in [5, 5.41) is 3.19. The number of alkyl halides is 1. The van der Waals surface area contributed by atoms with Crippen molar-refractivity contribution in [2.75, 3.05) is 53.7 Å². The van der Waals surface area contributed by atoms with Gasteiger partial charge in [-0.1, -0.05) is 0 Å². The minimum Gasteiger partial charge on any atom is -0.385 e. The Morgan fingerprint density at radius 2 is 2.00 bits per heavy atom. The first kappa shape index (κ1) is 20.9. The molecular formula is C14H29FIN3O2. The maximum absolute atomic E-state index is 12.1. The molecule has 1 aliphatic heterocycles. The number of nitrogens with one attached hydrogen (secondary N) is 1. The Morgan fingerprint density at radius 1 is 1.29 bits per heavy atom. The molecule has 0 aliphatic carbocycles. The van der Waals surface area contributed by atoms with E-state index in [0.717, 1.165) is 51.5 Å². The smallest absolute Gasteiger partial charge is 0.193 e. The molecular weight excluding hydrogens is 388 g/mol. The lowest BCUT2D eigenvalue weighted by Gasteiger charge is -2.34. The van der Waals surface area contributed by atoms with E-state index in [9.17, 15) is 4.39 Å². The zero-order valence-corrected chi connectivity index (χ0v) is 15.5. The van der Waals surface area contributed by atoms with E-state index < -0.39 is 0 Å². The second-order valence-electron chi connectivity index (χ2n) is 4.92. The Morgan fingerprint density at radius 3 is 2.57 bits per heavy atom. The maximum atomic E-state index is 12.1. The van der Waals surface area contributed by atoms with Gasteiger partial charge in [-0.05, 0) is 25.7 Å². The van der Waals surface area contributed by atoms with Crippen LogP contribution in [0.25, 0.3) is 0 Å². The van der Waals surface area contributed by atoms with Crippen molar-refractivity contribution in [1.82, 2.24) is 10.2 Å². The fourth-order valence-corrected chi connectivity index (χ4v) is 2.29. The quantitative estimate of drug-likeness (QED) is 0.284. The number of likely N-dealkylation sites (tertiary alicyclic amines) is 1. The van der Waals surface area contributed by atoms with Crippen LogP contribution in [0.2, 0.25) is 0 Å². The van der Waals surface area contributed by atoms with Gasteiger partial charge in [-0.25, -0.2) is 0 Å². The molecule has 0 unspecified atom stereocenters. The maximum Gasteiger partial charge on any atom is 0.193 e. The highest BCUT2D eigenvalue weighted by molar-refractivity contribution is 14.0. The molecule has 0 saturated carbocycles. The van der Waals surface area contributed by atoms with Crippen LogP contribution < -0.4 is 5.32 Å². The number of methoxy groups -OCH3 is 1. The monoisotopic (exact) mass is 417 g/mol. The van der Waals surface area contributed by atoms with Crippen LogP contribution in [0.15, 0.2) is 4.99 Å². The fraction of sp³-hybridized carbons (Fsp3) is 0.929. The van der Waals surface area contributed by atoms with Crippen molar-refractivity contribution in [3.63, 3.8) is 0 Å². The number of guanidine groups is 1. The van der Waals surface area contributed by atoms with Gasteiger partial charge < -0.3 is 19.7 Å². The van der Waals surface area contributed by atoms with Crippen molar-refractivity contribution in [2.24, 2.45) is 4.99 Å². The highest BCUT2D eigenvalue weighted by Crippen LogP contribution is 2.14. The number of hydrogen-bond donors (Lipinski definition) is 1. The molecule has 1 fully saturated rings. The van der Waals surface area contributed by atoms with E-state index in [-0.39, 0.29) is 30.7 Å². The van der Waals surface area contributed by atoms with Gasteiger partial charge in [0.1, 0.15) is 0 Å². The Labute approximate surface area is 144 Å². The van der Waals surface area contributed by atoms with Gasteiger partial charge in [0.05, 0.1) is 12.8 Å². The molecule has 1 rings (SSSR count). The molecule has 0 amide bonds. The summed E-state index contributed by atoms with van der Waals surface area (Å²) in [5.41, 5.74) is 0. The second kappa shape index (κ2) is 13.5. The number of piperidine rings is 1. The van der Waals surface area contributed by atoms with E-state index in [1.54, 1.807) is 14.2 Å². The molecule has 0 bridgehead atoms. The third-order valence-corrected chi connectivity index (χ3v) is 3.39. The Hall–Kier alpha value is -0.150. The zero-order chi connectivity index (χ0) is 14.6. The highest BCUT2D eigenvalue weighted by atomic mass is 127. The van der Waals surface area contributed by atoms with E-state index in [1.165, 1.54) is 0 Å². The van der Waals surface area contributed by atoms with Gasteiger partial charge in [0.25, 0.3) is 0 Å². The number of ether oxygens (including phenoxy) is 2. The van der Waals surface area contributed by atoms with Crippen molar-refractivity contribution in [1.29, 1.82) is 0 Å². The SMILES string of the molecule is CN=C(NCCCF)N1CCC(OCCCOC)CC1.I. The van der Waals surface area contributed by atoms with Crippen molar-refractivity contribution >= 4 is 29.9 Å². The molecule has 1 saturated heterocycles. The van der Waals surface area contributed by atoms with Gasteiger partial charge in [-0.3, -0.25) is 9.38 Å². The summed E-state index contributed by atoms with van der Waals surface area (Å²) < 4.78 is 22.9. The minimum atomic E-state index is -0.290. The standard InChI is InChI=1S/C14H28FN3O2.HI/c1-16-14(17-8-3-7-15)18-9-5-13(6-10-18)20-12-4-11-19-2;/h13H,3-12H2,1-2H3,(H,16,17);1H. The van der Waals surface area contributed by atoms with Gasteiger partial charge in [-0.2, -0.15) is 0 Å². The lowest BCUT2D eigenvalue weighted by molar-refractivity contribution is 0.00991. The van der Waals surface area contributed by atoms with Gasteiger partial charge in [0, 0.05) is 47.0 Å². The average molecular weight is 417 g/mol. The number of rotatable bonds is 8. The average Bonchev–Trinajstić information content (AvgIpc) is 2.49. The third kappa shape index (κ3) is 8.77. The third-order valence-electron chi connectivity index (χ3n) is 3.39. The molecule has 21 heavy (non-hydrogen) atoms. The first-order valence-electron chi connectivity index (χ1n) is 7.44. The molecule has 7 heteroatoms. The first-order valence-corrected chi connectivity index (χ1v) is 7.44. The van der Waals surface area contributed by atoms with Crippen molar-refractivity contribution in [2.45, 2.75) is 31.8 Å². The lowest BCUT2D eigenvalue weighted by Crippen LogP contribution is -2.47. The molecule has 5 nitrogen and oxygen atoms in total. The molecule has 0 aromatic carbocycles. The highest BCUT2D eigenvalue weighted by Gasteiger charge is 2.21. The topological polar surface area (TPSA) is 46.1 Å². The molecule has 0 aromatic heterocycles. The first-order chi connectivity index (χ1) is 9.81. The summed E-state index contributed by atoms with van der Waals surface area (Å²) in [7, 11) is 3.48. The summed E-state index contributed by atoms with van der Waals surface area (Å²) in [4.78, 5) is 6.46. The molecule has 1 heterocycles. The predicted octanol–water partition coefficient (Wildman–Crippen LogP) is 2.06. The summed E-state index contributed by atoms with van der Waals surface area (Å²) in [6, 6.07) is 0. The van der Waals surface area contributed by atoms with Crippen LogP contribution in [0, 0.1) is 0 Å². The normalized spacial score (nSPS) is 16.7. The van der Waals surface area contributed by atoms with Gasteiger partial charge >= 0.3 is 0 Å². The van der Waals surface area contributed by atoms with Crippen LogP contribution in [0.5, 0.6) is 0 Å². The number of nitrogens with zero attached hydrogens (tertiary/aromatic N) is 2. The van der Waals surface area contributed by atoms with Crippen molar-refractivity contribution < 1.29 is 13.9 Å². The van der Waals surface area contributed by atoms with E-state index in [4.69, 9.17) is 9.47 Å². The fourth-order valence-electron chi connectivity index (χ4n) is 2.29. The summed E-state index contributed by atoms with van der Waals surface area (Å²) >= 11 is 0. The Balaban J connectivity index is 0.00000400. The zero-order valence-electron chi connectivity index (χ0n) is 13.1. The summed E-state index contributed by atoms with van der Waals surface area (Å²) in [5.74, 6) is 0.872. The van der Waals surface area contributed by atoms with Crippen LogP contribution in [-0.2, 0) is 9.47 Å². The van der Waals surface area contributed by atoms with Crippen LogP contribution >= 0.6 is 24.0 Å². The molecule has 1 aliphatic rings. The van der Waals surface area contributed by atoms with Gasteiger partial charge in [-0.15, -0.1) is 24.0 Å². The van der Waals surface area contributed by atoms with Crippen LogP contribution in [0.4, 0.5) is 4.39 Å². The lowest BCUT2D eigenvalue weighted by atomic mass is 10.1. The molecule has 0 aromatic rings.